The van der Waals surface area contributed by atoms with Crippen LogP contribution in [0.1, 0.15) is 71.6 Å². The van der Waals surface area contributed by atoms with Crippen LogP contribution in [0.5, 0.6) is 0 Å². The van der Waals surface area contributed by atoms with Crippen molar-refractivity contribution in [1.82, 2.24) is 4.90 Å². The highest BCUT2D eigenvalue weighted by molar-refractivity contribution is 5.67. The summed E-state index contributed by atoms with van der Waals surface area (Å²) in [4.78, 5) is 13.6. The van der Waals surface area contributed by atoms with Gasteiger partial charge in [0.15, 0.2) is 0 Å². The lowest BCUT2D eigenvalue weighted by atomic mass is 10.1. The molecule has 1 amide bonds. The first-order valence-corrected chi connectivity index (χ1v) is 9.86. The molecule has 136 valence electrons. The molecule has 1 aliphatic rings. The van der Waals surface area contributed by atoms with Gasteiger partial charge in [-0.05, 0) is 19.8 Å². The van der Waals surface area contributed by atoms with E-state index in [1.165, 1.54) is 64.3 Å². The molecule has 1 heterocycles. The van der Waals surface area contributed by atoms with Gasteiger partial charge in [-0.1, -0.05) is 51.9 Å². The van der Waals surface area contributed by atoms with Gasteiger partial charge in [0.1, 0.15) is 0 Å². The van der Waals surface area contributed by atoms with Crippen molar-refractivity contribution in [3.05, 3.63) is 0 Å². The second kappa shape index (κ2) is 11.7. The number of amides is 1. The zero-order chi connectivity index (χ0) is 17.0. The highest BCUT2D eigenvalue weighted by Gasteiger charge is 2.30. The first-order valence-electron chi connectivity index (χ1n) is 9.86. The molecule has 0 aromatic carbocycles. The zero-order valence-corrected chi connectivity index (χ0v) is 15.8. The van der Waals surface area contributed by atoms with Gasteiger partial charge < -0.3 is 9.22 Å². The minimum absolute atomic E-state index is 0.137. The maximum absolute atomic E-state index is 11.7. The van der Waals surface area contributed by atoms with Crippen molar-refractivity contribution in [2.45, 2.75) is 71.6 Å². The Labute approximate surface area is 143 Å². The third-order valence-corrected chi connectivity index (χ3v) is 5.15. The van der Waals surface area contributed by atoms with Gasteiger partial charge in [0, 0.05) is 0 Å². The number of carbonyl (C=O) groups excluding carboxylic acids is 1. The number of quaternary nitrogens is 1. The van der Waals surface area contributed by atoms with Crippen molar-refractivity contribution in [3.63, 3.8) is 0 Å². The third-order valence-electron chi connectivity index (χ3n) is 5.15. The Bertz CT molecular complexity index is 312. The standard InChI is InChI=1S/C19H39N2O2/c1-4-6-7-8-9-10-11-12-13-16-21(3)17-14-20(15-18-21)19(22)23-5-2/h4-18H2,1-3H3/q+1. The van der Waals surface area contributed by atoms with E-state index >= 15 is 0 Å². The summed E-state index contributed by atoms with van der Waals surface area (Å²) in [6.07, 6.45) is 12.3. The fourth-order valence-corrected chi connectivity index (χ4v) is 3.37. The maximum Gasteiger partial charge on any atom is 0.410 e. The van der Waals surface area contributed by atoms with E-state index in [1.54, 1.807) is 0 Å². The van der Waals surface area contributed by atoms with E-state index < -0.39 is 0 Å². The molecule has 0 N–H and O–H groups in total. The van der Waals surface area contributed by atoms with Crippen molar-refractivity contribution in [2.24, 2.45) is 0 Å². The van der Waals surface area contributed by atoms with Gasteiger partial charge in [-0.3, -0.25) is 4.90 Å². The second-order valence-corrected chi connectivity index (χ2v) is 7.30. The number of carbonyl (C=O) groups is 1. The quantitative estimate of drug-likeness (QED) is 0.415. The van der Waals surface area contributed by atoms with Crippen molar-refractivity contribution in [1.29, 1.82) is 0 Å². The predicted molar refractivity (Wildman–Crippen MR) is 96.6 cm³/mol. The summed E-state index contributed by atoms with van der Waals surface area (Å²) in [5.74, 6) is 0. The number of rotatable bonds is 11. The third kappa shape index (κ3) is 8.59. The Hall–Kier alpha value is -0.770. The Balaban J connectivity index is 2.04. The molecule has 0 saturated carbocycles. The topological polar surface area (TPSA) is 29.5 Å². The number of ether oxygens (including phenoxy) is 1. The number of hydrogen-bond acceptors (Lipinski definition) is 2. The van der Waals surface area contributed by atoms with Crippen LogP contribution in [0.4, 0.5) is 4.79 Å². The molecule has 4 nitrogen and oxygen atoms in total. The number of hydrogen-bond donors (Lipinski definition) is 0. The fraction of sp³-hybridized carbons (Fsp3) is 0.947. The van der Waals surface area contributed by atoms with Crippen molar-refractivity contribution in [3.8, 4) is 0 Å². The van der Waals surface area contributed by atoms with E-state index in [4.69, 9.17) is 4.74 Å². The first kappa shape index (κ1) is 20.3. The number of unbranched alkanes of at least 4 members (excludes halogenated alkanes) is 8. The molecule has 0 aliphatic carbocycles. The van der Waals surface area contributed by atoms with Gasteiger partial charge in [-0.2, -0.15) is 0 Å². The van der Waals surface area contributed by atoms with Gasteiger partial charge in [0.05, 0.1) is 46.4 Å². The Kier molecular flexibility index (Phi) is 10.3. The summed E-state index contributed by atoms with van der Waals surface area (Å²) >= 11 is 0. The summed E-state index contributed by atoms with van der Waals surface area (Å²) in [5.41, 5.74) is 0. The van der Waals surface area contributed by atoms with Crippen LogP contribution in [0.2, 0.25) is 0 Å². The molecule has 1 aliphatic heterocycles. The minimum atomic E-state index is -0.137. The highest BCUT2D eigenvalue weighted by atomic mass is 16.6. The average molecular weight is 328 g/mol. The fourth-order valence-electron chi connectivity index (χ4n) is 3.37. The first-order chi connectivity index (χ1) is 11.1. The summed E-state index contributed by atoms with van der Waals surface area (Å²) in [6, 6.07) is 0. The molecule has 1 rings (SSSR count). The van der Waals surface area contributed by atoms with Crippen LogP contribution in [0.15, 0.2) is 0 Å². The van der Waals surface area contributed by atoms with E-state index in [9.17, 15) is 4.79 Å². The lowest BCUT2D eigenvalue weighted by Gasteiger charge is -2.41. The molecule has 4 heteroatoms. The largest absolute Gasteiger partial charge is 0.450 e. The smallest absolute Gasteiger partial charge is 0.410 e. The van der Waals surface area contributed by atoms with Crippen molar-refractivity contribution >= 4 is 6.09 Å². The molecule has 0 spiro atoms. The molecule has 0 aromatic heterocycles. The van der Waals surface area contributed by atoms with Gasteiger partial charge in [0.25, 0.3) is 0 Å². The molecule has 0 aromatic rings. The van der Waals surface area contributed by atoms with E-state index in [0.29, 0.717) is 6.61 Å². The van der Waals surface area contributed by atoms with Crippen LogP contribution >= 0.6 is 0 Å². The molecule has 23 heavy (non-hydrogen) atoms. The van der Waals surface area contributed by atoms with Crippen molar-refractivity contribution in [2.75, 3.05) is 46.4 Å². The normalized spacial score (nSPS) is 17.3. The van der Waals surface area contributed by atoms with Gasteiger partial charge >= 0.3 is 6.09 Å². The summed E-state index contributed by atoms with van der Waals surface area (Å²) in [5, 5.41) is 0. The van der Waals surface area contributed by atoms with Crippen LogP contribution in [0.25, 0.3) is 0 Å². The molecule has 0 radical (unpaired) electrons. The van der Waals surface area contributed by atoms with Gasteiger partial charge in [-0.25, -0.2) is 4.79 Å². The van der Waals surface area contributed by atoms with Crippen LogP contribution < -0.4 is 0 Å². The Morgan fingerprint density at radius 2 is 1.43 bits per heavy atom. The molecular formula is C19H39N2O2+. The van der Waals surface area contributed by atoms with Gasteiger partial charge in [-0.15, -0.1) is 0 Å². The maximum atomic E-state index is 11.7. The summed E-state index contributed by atoms with van der Waals surface area (Å²) in [7, 11) is 2.34. The zero-order valence-electron chi connectivity index (χ0n) is 15.8. The molecule has 1 saturated heterocycles. The molecule has 0 unspecified atom stereocenters. The SMILES string of the molecule is CCCCCCCCCCC[N+]1(C)CCN(C(=O)OCC)CC1. The lowest BCUT2D eigenvalue weighted by molar-refractivity contribution is -0.913. The summed E-state index contributed by atoms with van der Waals surface area (Å²) < 4.78 is 6.21. The van der Waals surface area contributed by atoms with Crippen molar-refractivity contribution < 1.29 is 14.0 Å². The van der Waals surface area contributed by atoms with E-state index in [1.807, 2.05) is 11.8 Å². The molecular weight excluding hydrogens is 288 g/mol. The average Bonchev–Trinajstić information content (AvgIpc) is 2.54. The number of piperazine rings is 1. The summed E-state index contributed by atoms with van der Waals surface area (Å²) in [6.45, 7) is 9.68. The van der Waals surface area contributed by atoms with E-state index in [2.05, 4.69) is 14.0 Å². The van der Waals surface area contributed by atoms with Crippen LogP contribution in [0.3, 0.4) is 0 Å². The number of nitrogens with zero attached hydrogens (tertiary/aromatic N) is 2. The monoisotopic (exact) mass is 327 g/mol. The molecule has 1 fully saturated rings. The predicted octanol–water partition coefficient (Wildman–Crippen LogP) is 4.44. The lowest BCUT2D eigenvalue weighted by Crippen LogP contribution is -2.58. The Morgan fingerprint density at radius 1 is 0.913 bits per heavy atom. The highest BCUT2D eigenvalue weighted by Crippen LogP contribution is 2.15. The minimum Gasteiger partial charge on any atom is -0.450 e. The van der Waals surface area contributed by atoms with Crippen LogP contribution in [-0.4, -0.2) is 61.9 Å². The van der Waals surface area contributed by atoms with E-state index in [0.717, 1.165) is 30.7 Å². The Morgan fingerprint density at radius 3 is 1.96 bits per heavy atom. The van der Waals surface area contributed by atoms with Gasteiger partial charge in [0.2, 0.25) is 0 Å². The number of likely N-dealkylation sites (N-methyl/N-ethyl adjacent to an activating group) is 1. The van der Waals surface area contributed by atoms with E-state index in [-0.39, 0.29) is 6.09 Å². The van der Waals surface area contributed by atoms with Crippen LogP contribution in [0, 0.1) is 0 Å². The molecule has 0 atom stereocenters. The van der Waals surface area contributed by atoms with Crippen LogP contribution in [-0.2, 0) is 4.74 Å². The second-order valence-electron chi connectivity index (χ2n) is 7.30. The molecule has 0 bridgehead atoms.